The van der Waals surface area contributed by atoms with E-state index in [4.69, 9.17) is 19.4 Å². The predicted molar refractivity (Wildman–Crippen MR) is 126 cm³/mol. The molecule has 2 aromatic carbocycles. The molecule has 0 aliphatic carbocycles. The number of anilines is 1. The molecule has 4 aromatic rings. The zero-order valence-corrected chi connectivity index (χ0v) is 19.0. The fourth-order valence-electron chi connectivity index (χ4n) is 3.91. The standard InChI is InChI=1S/C24H25N3O4S/c1-4-6-20-19-13-23(31-3)22(30-2)12-18(19)16(14-25-20)11-17-10-9-15-7-5-8-21(24(15)26-17)27-32(28)29/h5,7-10,12-14,27H,4,6,11H2,1-3H3,(H,28,29)/p-1. The van der Waals surface area contributed by atoms with Crippen molar-refractivity contribution in [2.75, 3.05) is 18.9 Å². The van der Waals surface area contributed by atoms with Gasteiger partial charge in [-0.25, -0.2) is 0 Å². The van der Waals surface area contributed by atoms with Crippen molar-refractivity contribution in [3.63, 3.8) is 0 Å². The number of para-hydroxylation sites is 1. The number of aryl methyl sites for hydroxylation is 1. The summed E-state index contributed by atoms with van der Waals surface area (Å²) in [5.74, 6) is 1.33. The molecule has 32 heavy (non-hydrogen) atoms. The van der Waals surface area contributed by atoms with Gasteiger partial charge in [-0.15, -0.1) is 0 Å². The van der Waals surface area contributed by atoms with Gasteiger partial charge in [0.05, 0.1) is 25.4 Å². The van der Waals surface area contributed by atoms with Gasteiger partial charge in [-0.2, -0.15) is 0 Å². The van der Waals surface area contributed by atoms with Crippen molar-refractivity contribution < 1.29 is 18.2 Å². The lowest BCUT2D eigenvalue weighted by molar-refractivity contribution is 0.356. The van der Waals surface area contributed by atoms with Crippen LogP contribution in [-0.2, 0) is 24.1 Å². The number of hydrogen-bond donors (Lipinski definition) is 1. The van der Waals surface area contributed by atoms with Crippen molar-refractivity contribution in [2.45, 2.75) is 26.2 Å². The van der Waals surface area contributed by atoms with Crippen LogP contribution in [0.1, 0.15) is 30.3 Å². The zero-order chi connectivity index (χ0) is 22.7. The highest BCUT2D eigenvalue weighted by molar-refractivity contribution is 7.80. The van der Waals surface area contributed by atoms with E-state index in [9.17, 15) is 8.76 Å². The van der Waals surface area contributed by atoms with Crippen LogP contribution in [0.3, 0.4) is 0 Å². The second-order valence-electron chi connectivity index (χ2n) is 7.43. The Labute approximate surface area is 189 Å². The van der Waals surface area contributed by atoms with Crippen LogP contribution in [0.15, 0.2) is 48.7 Å². The second-order valence-corrected chi connectivity index (χ2v) is 8.10. The Morgan fingerprint density at radius 3 is 2.50 bits per heavy atom. The number of fused-ring (bicyclic) bond motifs is 2. The van der Waals surface area contributed by atoms with Crippen molar-refractivity contribution in [3.05, 3.63) is 65.6 Å². The molecule has 0 saturated carbocycles. The van der Waals surface area contributed by atoms with Crippen molar-refractivity contribution in [1.82, 2.24) is 9.97 Å². The number of methoxy groups -OCH3 is 2. The number of pyridine rings is 2. The van der Waals surface area contributed by atoms with E-state index in [1.165, 1.54) is 0 Å². The molecule has 0 fully saturated rings. The highest BCUT2D eigenvalue weighted by Gasteiger charge is 2.14. The molecular weight excluding hydrogens is 426 g/mol. The van der Waals surface area contributed by atoms with Crippen LogP contribution in [-0.4, -0.2) is 32.9 Å². The molecule has 8 heteroatoms. The average molecular weight is 451 g/mol. The van der Waals surface area contributed by atoms with Crippen molar-refractivity contribution in [3.8, 4) is 11.5 Å². The highest BCUT2D eigenvalue weighted by atomic mass is 32.2. The lowest BCUT2D eigenvalue weighted by Crippen LogP contribution is -2.04. The number of aromatic nitrogens is 2. The zero-order valence-electron chi connectivity index (χ0n) is 18.2. The average Bonchev–Trinajstić information content (AvgIpc) is 2.80. The van der Waals surface area contributed by atoms with Crippen LogP contribution in [0.25, 0.3) is 21.7 Å². The first-order chi connectivity index (χ1) is 15.5. The molecule has 1 N–H and O–H groups in total. The molecule has 166 valence electrons. The second kappa shape index (κ2) is 9.50. The van der Waals surface area contributed by atoms with Crippen molar-refractivity contribution in [2.24, 2.45) is 0 Å². The summed E-state index contributed by atoms with van der Waals surface area (Å²) >= 11 is -2.42. The van der Waals surface area contributed by atoms with E-state index < -0.39 is 11.3 Å². The highest BCUT2D eigenvalue weighted by Crippen LogP contribution is 2.35. The minimum Gasteiger partial charge on any atom is -0.755 e. The lowest BCUT2D eigenvalue weighted by Gasteiger charge is -2.15. The topological polar surface area (TPSA) is 96.4 Å². The summed E-state index contributed by atoms with van der Waals surface area (Å²) in [4.78, 5) is 9.47. The maximum absolute atomic E-state index is 11.2. The first-order valence-electron chi connectivity index (χ1n) is 10.3. The Morgan fingerprint density at radius 1 is 1.06 bits per heavy atom. The quantitative estimate of drug-likeness (QED) is 0.396. The molecule has 2 aromatic heterocycles. The monoisotopic (exact) mass is 450 g/mol. The molecule has 1 unspecified atom stereocenters. The van der Waals surface area contributed by atoms with E-state index in [1.54, 1.807) is 26.4 Å². The van der Waals surface area contributed by atoms with E-state index in [0.29, 0.717) is 29.1 Å². The van der Waals surface area contributed by atoms with Gasteiger partial charge in [0.2, 0.25) is 0 Å². The first kappa shape index (κ1) is 22.0. The molecule has 0 bridgehead atoms. The predicted octanol–water partition coefficient (Wildman–Crippen LogP) is 4.55. The van der Waals surface area contributed by atoms with Gasteiger partial charge in [0, 0.05) is 46.0 Å². The van der Waals surface area contributed by atoms with E-state index in [-0.39, 0.29) is 0 Å². The van der Waals surface area contributed by atoms with Crippen LogP contribution < -0.4 is 14.2 Å². The minimum absolute atomic E-state index is 0.449. The Kier molecular flexibility index (Phi) is 6.53. The minimum atomic E-state index is -2.42. The number of nitrogens with zero attached hydrogens (tertiary/aromatic N) is 2. The van der Waals surface area contributed by atoms with Crippen LogP contribution in [0.2, 0.25) is 0 Å². The molecule has 0 aliphatic rings. The van der Waals surface area contributed by atoms with Crippen molar-refractivity contribution in [1.29, 1.82) is 0 Å². The SMILES string of the molecule is CCCc1ncc(Cc2ccc3cccc(NS(=O)[O-])c3n2)c2cc(OC)c(OC)cc12. The summed E-state index contributed by atoms with van der Waals surface area (Å²) in [6.07, 6.45) is 4.28. The van der Waals surface area contributed by atoms with E-state index in [1.807, 2.05) is 36.5 Å². The molecule has 0 aliphatic heterocycles. The number of ether oxygens (including phenoxy) is 2. The normalized spacial score (nSPS) is 12.1. The Bertz CT molecular complexity index is 1310. The van der Waals surface area contributed by atoms with Crippen LogP contribution in [0, 0.1) is 0 Å². The lowest BCUT2D eigenvalue weighted by atomic mass is 9.99. The third-order valence-electron chi connectivity index (χ3n) is 5.39. The van der Waals surface area contributed by atoms with Gasteiger partial charge in [-0.1, -0.05) is 31.5 Å². The molecule has 7 nitrogen and oxygen atoms in total. The van der Waals surface area contributed by atoms with Crippen molar-refractivity contribution >= 4 is 38.6 Å². The van der Waals surface area contributed by atoms with Crippen LogP contribution >= 0.6 is 0 Å². The summed E-state index contributed by atoms with van der Waals surface area (Å²) in [6.45, 7) is 2.13. The molecule has 0 spiro atoms. The molecule has 0 radical (unpaired) electrons. The third-order valence-corrected chi connectivity index (χ3v) is 5.77. The molecule has 2 heterocycles. The van der Waals surface area contributed by atoms with Crippen LogP contribution in [0.5, 0.6) is 11.5 Å². The number of nitrogens with one attached hydrogen (secondary N) is 1. The Morgan fingerprint density at radius 2 is 1.81 bits per heavy atom. The van der Waals surface area contributed by atoms with E-state index >= 15 is 0 Å². The fraction of sp³-hybridized carbons (Fsp3) is 0.250. The van der Waals surface area contributed by atoms with Gasteiger partial charge >= 0.3 is 0 Å². The number of hydrogen-bond acceptors (Lipinski definition) is 6. The summed E-state index contributed by atoms with van der Waals surface area (Å²) < 4.78 is 35.8. The molecular formula is C24H24N3O4S-. The number of rotatable bonds is 8. The Hall–Kier alpha value is -3.23. The largest absolute Gasteiger partial charge is 0.755 e. The van der Waals surface area contributed by atoms with Gasteiger partial charge in [-0.05, 0) is 41.6 Å². The van der Waals surface area contributed by atoms with Gasteiger partial charge in [0.25, 0.3) is 0 Å². The van der Waals surface area contributed by atoms with Gasteiger partial charge in [-0.3, -0.25) is 14.2 Å². The van der Waals surface area contributed by atoms with E-state index in [0.717, 1.165) is 46.0 Å². The maximum atomic E-state index is 11.2. The maximum Gasteiger partial charge on any atom is 0.161 e. The first-order valence-corrected chi connectivity index (χ1v) is 11.4. The fourth-order valence-corrected chi connectivity index (χ4v) is 4.25. The summed E-state index contributed by atoms with van der Waals surface area (Å²) in [5, 5.41) is 2.93. The van der Waals surface area contributed by atoms with Gasteiger partial charge in [0.15, 0.2) is 11.5 Å². The van der Waals surface area contributed by atoms with Gasteiger partial charge < -0.3 is 18.7 Å². The van der Waals surface area contributed by atoms with Crippen LogP contribution in [0.4, 0.5) is 5.69 Å². The molecule has 4 rings (SSSR count). The molecule has 0 saturated heterocycles. The third kappa shape index (κ3) is 4.37. The summed E-state index contributed by atoms with van der Waals surface area (Å²) in [5.41, 5.74) is 3.89. The summed E-state index contributed by atoms with van der Waals surface area (Å²) in [7, 11) is 3.25. The molecule has 0 amide bonds. The van der Waals surface area contributed by atoms with Gasteiger partial charge in [0.1, 0.15) is 0 Å². The Balaban J connectivity index is 1.82. The summed E-state index contributed by atoms with van der Waals surface area (Å²) in [6, 6.07) is 13.3. The number of benzene rings is 2. The van der Waals surface area contributed by atoms with E-state index in [2.05, 4.69) is 11.6 Å². The molecule has 1 atom stereocenters. The smallest absolute Gasteiger partial charge is 0.161 e.